The molecule has 0 aromatic heterocycles. The summed E-state index contributed by atoms with van der Waals surface area (Å²) in [7, 11) is 3.66. The van der Waals surface area contributed by atoms with Crippen molar-refractivity contribution < 1.29 is 9.53 Å². The third kappa shape index (κ3) is 5.57. The zero-order valence-electron chi connectivity index (χ0n) is 14.4. The number of likely N-dealkylation sites (N-methyl/N-ethyl adjacent to an activating group) is 2. The molecule has 21 heavy (non-hydrogen) atoms. The van der Waals surface area contributed by atoms with Gasteiger partial charge in [0, 0.05) is 25.7 Å². The molecule has 0 aromatic carbocycles. The topological polar surface area (TPSA) is 44.8 Å². The first-order valence-corrected chi connectivity index (χ1v) is 8.19. The average molecular weight is 299 g/mol. The van der Waals surface area contributed by atoms with Gasteiger partial charge in [0.15, 0.2) is 0 Å². The zero-order chi connectivity index (χ0) is 15.9. The van der Waals surface area contributed by atoms with Crippen molar-refractivity contribution in [3.63, 3.8) is 0 Å². The molecule has 1 aliphatic rings. The van der Waals surface area contributed by atoms with E-state index in [9.17, 15) is 4.79 Å². The minimum absolute atomic E-state index is 0.155. The molecular weight excluding hydrogens is 266 g/mol. The fraction of sp³-hybridized carbons (Fsp3) is 0.938. The van der Waals surface area contributed by atoms with Gasteiger partial charge in [-0.15, -0.1) is 0 Å². The molecule has 0 amide bonds. The first-order valence-electron chi connectivity index (χ1n) is 8.19. The van der Waals surface area contributed by atoms with Gasteiger partial charge in [-0.25, -0.2) is 0 Å². The van der Waals surface area contributed by atoms with Crippen LogP contribution in [-0.4, -0.2) is 74.2 Å². The highest BCUT2D eigenvalue weighted by molar-refractivity contribution is 5.80. The predicted molar refractivity (Wildman–Crippen MR) is 86.5 cm³/mol. The Morgan fingerprint density at radius 2 is 2.10 bits per heavy atom. The smallest absolute Gasteiger partial charge is 0.325 e. The molecule has 0 aliphatic carbocycles. The number of carbonyl (C=O) groups excluding carboxylic acids is 1. The number of rotatable bonds is 8. The molecule has 1 N–H and O–H groups in total. The molecule has 2 atom stereocenters. The first kappa shape index (κ1) is 18.4. The minimum Gasteiger partial charge on any atom is -0.468 e. The number of ether oxygens (including phenoxy) is 1. The van der Waals surface area contributed by atoms with E-state index in [1.807, 2.05) is 13.8 Å². The number of carbonyl (C=O) groups is 1. The predicted octanol–water partition coefficient (Wildman–Crippen LogP) is 1.33. The number of piperazine rings is 1. The van der Waals surface area contributed by atoms with Crippen LogP contribution in [-0.2, 0) is 9.53 Å². The number of hydrogen-bond acceptors (Lipinski definition) is 5. The lowest BCUT2D eigenvalue weighted by atomic mass is 9.94. The lowest BCUT2D eigenvalue weighted by molar-refractivity contribution is -0.148. The van der Waals surface area contributed by atoms with E-state index in [0.29, 0.717) is 6.04 Å². The van der Waals surface area contributed by atoms with Crippen LogP contribution < -0.4 is 5.32 Å². The Morgan fingerprint density at radius 3 is 2.67 bits per heavy atom. The van der Waals surface area contributed by atoms with Crippen LogP contribution in [0.4, 0.5) is 0 Å². The molecule has 1 saturated heterocycles. The van der Waals surface area contributed by atoms with E-state index in [1.165, 1.54) is 7.11 Å². The van der Waals surface area contributed by atoms with Crippen molar-refractivity contribution in [2.45, 2.75) is 51.6 Å². The quantitative estimate of drug-likeness (QED) is 0.541. The molecule has 124 valence electrons. The second-order valence-corrected chi connectivity index (χ2v) is 6.44. The highest BCUT2D eigenvalue weighted by Gasteiger charge is 2.32. The van der Waals surface area contributed by atoms with Crippen molar-refractivity contribution in [2.24, 2.45) is 0 Å². The van der Waals surface area contributed by atoms with Gasteiger partial charge in [0.1, 0.15) is 5.54 Å². The number of hydrogen-bond donors (Lipinski definition) is 1. The van der Waals surface area contributed by atoms with E-state index in [1.54, 1.807) is 0 Å². The van der Waals surface area contributed by atoms with Crippen LogP contribution in [0.3, 0.4) is 0 Å². The Balaban J connectivity index is 2.30. The van der Waals surface area contributed by atoms with E-state index in [4.69, 9.17) is 4.74 Å². The molecule has 1 rings (SSSR count). The molecule has 5 nitrogen and oxygen atoms in total. The third-order valence-electron chi connectivity index (χ3n) is 4.65. The van der Waals surface area contributed by atoms with Crippen LogP contribution in [0, 0.1) is 0 Å². The van der Waals surface area contributed by atoms with E-state index in [-0.39, 0.29) is 5.97 Å². The highest BCUT2D eigenvalue weighted by Crippen LogP contribution is 2.16. The van der Waals surface area contributed by atoms with E-state index in [0.717, 1.165) is 52.0 Å². The maximum absolute atomic E-state index is 11.9. The standard InChI is InChI=1S/C16H33N3O2/c1-6-17-16(3,15(20)21-5)9-7-8-10-19-12-11-18(4)14(2)13-19/h14,17H,6-13H2,1-5H3. The van der Waals surface area contributed by atoms with Crippen LogP contribution >= 0.6 is 0 Å². The lowest BCUT2D eigenvalue weighted by Gasteiger charge is -2.37. The maximum atomic E-state index is 11.9. The second-order valence-electron chi connectivity index (χ2n) is 6.44. The first-order chi connectivity index (χ1) is 9.92. The molecule has 1 fully saturated rings. The molecule has 1 aliphatic heterocycles. The molecular formula is C16H33N3O2. The number of nitrogens with zero attached hydrogens (tertiary/aromatic N) is 2. The van der Waals surface area contributed by atoms with Crippen LogP contribution in [0.5, 0.6) is 0 Å². The molecule has 5 heteroatoms. The summed E-state index contributed by atoms with van der Waals surface area (Å²) in [6.45, 7) is 11.6. The van der Waals surface area contributed by atoms with Gasteiger partial charge in [-0.1, -0.05) is 6.92 Å². The van der Waals surface area contributed by atoms with Crippen LogP contribution in [0.2, 0.25) is 0 Å². The van der Waals surface area contributed by atoms with Gasteiger partial charge in [0.2, 0.25) is 0 Å². The van der Waals surface area contributed by atoms with Crippen molar-refractivity contribution >= 4 is 5.97 Å². The SMILES string of the molecule is CCNC(C)(CCCCN1CCN(C)C(C)C1)C(=O)OC. The second kappa shape index (κ2) is 8.71. The van der Waals surface area contributed by atoms with Gasteiger partial charge in [-0.3, -0.25) is 4.79 Å². The molecule has 0 spiro atoms. The van der Waals surface area contributed by atoms with Crippen molar-refractivity contribution in [2.75, 3.05) is 46.9 Å². The van der Waals surface area contributed by atoms with Crippen molar-refractivity contribution in [3.8, 4) is 0 Å². The fourth-order valence-electron chi connectivity index (χ4n) is 3.02. The Bertz CT molecular complexity index is 325. The average Bonchev–Trinajstić information content (AvgIpc) is 2.46. The summed E-state index contributed by atoms with van der Waals surface area (Å²) in [5.74, 6) is -0.155. The summed E-state index contributed by atoms with van der Waals surface area (Å²) < 4.78 is 4.92. The summed E-state index contributed by atoms with van der Waals surface area (Å²) >= 11 is 0. The summed E-state index contributed by atoms with van der Waals surface area (Å²) in [5, 5.41) is 3.27. The number of esters is 1. The fourth-order valence-corrected chi connectivity index (χ4v) is 3.02. The van der Waals surface area contributed by atoms with Gasteiger partial charge in [-0.2, -0.15) is 0 Å². The minimum atomic E-state index is -0.543. The van der Waals surface area contributed by atoms with Gasteiger partial charge < -0.3 is 19.9 Å². The van der Waals surface area contributed by atoms with E-state index in [2.05, 4.69) is 29.1 Å². The van der Waals surface area contributed by atoms with E-state index < -0.39 is 5.54 Å². The van der Waals surface area contributed by atoms with Crippen LogP contribution in [0.25, 0.3) is 0 Å². The monoisotopic (exact) mass is 299 g/mol. The Hall–Kier alpha value is -0.650. The summed E-state index contributed by atoms with van der Waals surface area (Å²) in [6, 6.07) is 0.640. The van der Waals surface area contributed by atoms with Crippen molar-refractivity contribution in [1.29, 1.82) is 0 Å². The maximum Gasteiger partial charge on any atom is 0.325 e. The normalized spacial score (nSPS) is 23.8. The number of unbranched alkanes of at least 4 members (excludes halogenated alkanes) is 1. The Labute approximate surface area is 130 Å². The number of nitrogens with one attached hydrogen (secondary N) is 1. The molecule has 0 bridgehead atoms. The largest absolute Gasteiger partial charge is 0.468 e. The zero-order valence-corrected chi connectivity index (χ0v) is 14.4. The van der Waals surface area contributed by atoms with E-state index >= 15 is 0 Å². The number of methoxy groups -OCH3 is 1. The van der Waals surface area contributed by atoms with Crippen LogP contribution in [0.15, 0.2) is 0 Å². The van der Waals surface area contributed by atoms with Gasteiger partial charge in [-0.05, 0) is 53.2 Å². The Morgan fingerprint density at radius 1 is 1.38 bits per heavy atom. The summed E-state index contributed by atoms with van der Waals surface area (Å²) in [6.07, 6.45) is 3.00. The summed E-state index contributed by atoms with van der Waals surface area (Å²) in [4.78, 5) is 16.8. The van der Waals surface area contributed by atoms with Gasteiger partial charge >= 0.3 is 5.97 Å². The van der Waals surface area contributed by atoms with Gasteiger partial charge in [0.25, 0.3) is 0 Å². The Kier molecular flexibility index (Phi) is 7.63. The van der Waals surface area contributed by atoms with Crippen molar-refractivity contribution in [1.82, 2.24) is 15.1 Å². The molecule has 0 aromatic rings. The highest BCUT2D eigenvalue weighted by atomic mass is 16.5. The van der Waals surface area contributed by atoms with Crippen LogP contribution in [0.1, 0.15) is 40.0 Å². The molecule has 0 saturated carbocycles. The summed E-state index contributed by atoms with van der Waals surface area (Å²) in [5.41, 5.74) is -0.543. The third-order valence-corrected chi connectivity index (χ3v) is 4.65. The molecule has 0 radical (unpaired) electrons. The van der Waals surface area contributed by atoms with Crippen molar-refractivity contribution in [3.05, 3.63) is 0 Å². The van der Waals surface area contributed by atoms with Gasteiger partial charge in [0.05, 0.1) is 7.11 Å². The molecule has 1 heterocycles. The lowest BCUT2D eigenvalue weighted by Crippen LogP contribution is -2.51. The molecule has 2 unspecified atom stereocenters.